The molecule has 0 aliphatic carbocycles. The summed E-state index contributed by atoms with van der Waals surface area (Å²) in [4.78, 5) is 12.3. The van der Waals surface area contributed by atoms with E-state index in [9.17, 15) is 0 Å². The lowest BCUT2D eigenvalue weighted by molar-refractivity contribution is 0.336. The van der Waals surface area contributed by atoms with E-state index in [2.05, 4.69) is 56.8 Å². The monoisotopic (exact) mass is 379 g/mol. The van der Waals surface area contributed by atoms with Gasteiger partial charge in [-0.05, 0) is 44.0 Å². The Morgan fingerprint density at radius 2 is 2.04 bits per heavy atom. The van der Waals surface area contributed by atoms with E-state index in [0.717, 1.165) is 53.5 Å². The fourth-order valence-corrected chi connectivity index (χ4v) is 3.08. The fraction of sp³-hybridized carbons (Fsp3) is 0.364. The molecule has 148 valence electrons. The molecule has 28 heavy (non-hydrogen) atoms. The zero-order chi connectivity index (χ0) is 19.8. The van der Waals surface area contributed by atoms with Crippen molar-refractivity contribution in [3.63, 3.8) is 0 Å². The van der Waals surface area contributed by atoms with E-state index in [1.165, 1.54) is 5.56 Å². The van der Waals surface area contributed by atoms with Crippen LogP contribution in [-0.2, 0) is 13.0 Å². The van der Waals surface area contributed by atoms with E-state index >= 15 is 0 Å². The minimum atomic E-state index is 0.658. The van der Waals surface area contributed by atoms with Crippen molar-refractivity contribution in [3.8, 4) is 5.75 Å². The maximum atomic E-state index is 5.75. The maximum Gasteiger partial charge on any atom is 0.191 e. The molecule has 0 radical (unpaired) electrons. The molecule has 1 aromatic heterocycles. The summed E-state index contributed by atoms with van der Waals surface area (Å²) >= 11 is 0. The molecule has 0 unspecified atom stereocenters. The molecular weight excluding hydrogens is 350 g/mol. The van der Waals surface area contributed by atoms with Crippen molar-refractivity contribution in [2.75, 3.05) is 20.2 Å². The highest BCUT2D eigenvalue weighted by Gasteiger charge is 2.06. The van der Waals surface area contributed by atoms with Crippen LogP contribution in [0.25, 0.3) is 11.0 Å². The Hall–Kier alpha value is -3.02. The highest BCUT2D eigenvalue weighted by molar-refractivity contribution is 5.79. The van der Waals surface area contributed by atoms with Gasteiger partial charge in [0.05, 0.1) is 17.6 Å². The first-order valence-electron chi connectivity index (χ1n) is 9.80. The number of aromatic nitrogens is 2. The molecule has 3 N–H and O–H groups in total. The molecular formula is C22H29N5O. The number of guanidine groups is 1. The van der Waals surface area contributed by atoms with Crippen molar-refractivity contribution in [2.45, 2.75) is 33.2 Å². The summed E-state index contributed by atoms with van der Waals surface area (Å²) in [5.74, 6) is 2.73. The van der Waals surface area contributed by atoms with Gasteiger partial charge in [-0.3, -0.25) is 4.99 Å². The van der Waals surface area contributed by atoms with Gasteiger partial charge in [0.2, 0.25) is 0 Å². The van der Waals surface area contributed by atoms with Crippen LogP contribution in [0.1, 0.15) is 30.3 Å². The average molecular weight is 380 g/mol. The SMILES string of the molecule is CCOc1cc(C)ccc1CNC(=NC)NCCCc1nc2ccccc2[nH]1. The van der Waals surface area contributed by atoms with Gasteiger partial charge in [-0.15, -0.1) is 0 Å². The smallest absolute Gasteiger partial charge is 0.191 e. The summed E-state index contributed by atoms with van der Waals surface area (Å²) < 4.78 is 5.75. The molecule has 3 rings (SSSR count). The second-order valence-electron chi connectivity index (χ2n) is 6.70. The number of rotatable bonds is 8. The molecule has 0 atom stereocenters. The topological polar surface area (TPSA) is 74.3 Å². The average Bonchev–Trinajstić information content (AvgIpc) is 3.12. The van der Waals surface area contributed by atoms with Crippen LogP contribution in [0, 0.1) is 6.92 Å². The van der Waals surface area contributed by atoms with Crippen LogP contribution in [0.15, 0.2) is 47.5 Å². The molecule has 0 spiro atoms. The molecule has 6 heteroatoms. The molecule has 6 nitrogen and oxygen atoms in total. The standard InChI is InChI=1S/C22H29N5O/c1-4-28-20-14-16(2)11-12-17(20)15-25-22(23-3)24-13-7-10-21-26-18-8-5-6-9-19(18)27-21/h5-6,8-9,11-12,14H,4,7,10,13,15H2,1-3H3,(H,26,27)(H2,23,24,25). The number of hydrogen-bond donors (Lipinski definition) is 3. The lowest BCUT2D eigenvalue weighted by atomic mass is 10.1. The quantitative estimate of drug-likeness (QED) is 0.318. The Balaban J connectivity index is 1.46. The van der Waals surface area contributed by atoms with Gasteiger partial charge in [-0.25, -0.2) is 4.98 Å². The largest absolute Gasteiger partial charge is 0.494 e. The Morgan fingerprint density at radius 3 is 2.82 bits per heavy atom. The number of nitrogens with zero attached hydrogens (tertiary/aromatic N) is 2. The zero-order valence-electron chi connectivity index (χ0n) is 16.9. The molecule has 2 aromatic carbocycles. The van der Waals surface area contributed by atoms with Crippen molar-refractivity contribution >= 4 is 17.0 Å². The van der Waals surface area contributed by atoms with Crippen LogP contribution >= 0.6 is 0 Å². The van der Waals surface area contributed by atoms with Gasteiger partial charge >= 0.3 is 0 Å². The zero-order valence-corrected chi connectivity index (χ0v) is 16.9. The maximum absolute atomic E-state index is 5.75. The Bertz CT molecular complexity index is 899. The predicted octanol–water partition coefficient (Wildman–Crippen LogP) is 3.57. The number of aryl methyl sites for hydroxylation is 2. The third-order valence-corrected chi connectivity index (χ3v) is 4.51. The van der Waals surface area contributed by atoms with Gasteiger partial charge in [0, 0.05) is 32.1 Å². The molecule has 1 heterocycles. The van der Waals surface area contributed by atoms with Crippen molar-refractivity contribution in [1.82, 2.24) is 20.6 Å². The molecule has 0 saturated carbocycles. The number of nitrogens with one attached hydrogen (secondary N) is 3. The summed E-state index contributed by atoms with van der Waals surface area (Å²) in [7, 11) is 1.78. The van der Waals surface area contributed by atoms with Crippen LogP contribution in [0.5, 0.6) is 5.75 Å². The number of aliphatic imine (C=N–C) groups is 1. The van der Waals surface area contributed by atoms with Gasteiger partial charge in [0.1, 0.15) is 11.6 Å². The molecule has 3 aromatic rings. The number of H-pyrrole nitrogens is 1. The number of hydrogen-bond acceptors (Lipinski definition) is 3. The molecule has 0 aliphatic rings. The van der Waals surface area contributed by atoms with Gasteiger partial charge in [-0.1, -0.05) is 24.3 Å². The fourth-order valence-electron chi connectivity index (χ4n) is 3.08. The first kappa shape index (κ1) is 19.7. The van der Waals surface area contributed by atoms with E-state index in [0.29, 0.717) is 13.2 Å². The van der Waals surface area contributed by atoms with Gasteiger partial charge in [-0.2, -0.15) is 0 Å². The van der Waals surface area contributed by atoms with E-state index in [1.807, 2.05) is 25.1 Å². The third kappa shape index (κ3) is 5.25. The van der Waals surface area contributed by atoms with Crippen LogP contribution < -0.4 is 15.4 Å². The Morgan fingerprint density at radius 1 is 1.18 bits per heavy atom. The van der Waals surface area contributed by atoms with Gasteiger partial charge < -0.3 is 20.4 Å². The number of aromatic amines is 1. The van der Waals surface area contributed by atoms with Crippen LogP contribution in [0.4, 0.5) is 0 Å². The second-order valence-corrected chi connectivity index (χ2v) is 6.70. The summed E-state index contributed by atoms with van der Waals surface area (Å²) in [5, 5.41) is 6.72. The van der Waals surface area contributed by atoms with Gasteiger partial charge in [0.25, 0.3) is 0 Å². The number of para-hydroxylation sites is 2. The van der Waals surface area contributed by atoms with Crippen LogP contribution in [0.3, 0.4) is 0 Å². The number of imidazole rings is 1. The van der Waals surface area contributed by atoms with Crippen molar-refractivity contribution in [1.29, 1.82) is 0 Å². The lowest BCUT2D eigenvalue weighted by Gasteiger charge is -2.15. The molecule has 0 bridgehead atoms. The normalized spacial score (nSPS) is 11.6. The van der Waals surface area contributed by atoms with Crippen molar-refractivity contribution < 1.29 is 4.74 Å². The number of benzene rings is 2. The molecule has 0 saturated heterocycles. The van der Waals surface area contributed by atoms with Crippen molar-refractivity contribution in [2.24, 2.45) is 4.99 Å². The number of fused-ring (bicyclic) bond motifs is 1. The van der Waals surface area contributed by atoms with E-state index in [-0.39, 0.29) is 0 Å². The third-order valence-electron chi connectivity index (χ3n) is 4.51. The summed E-state index contributed by atoms with van der Waals surface area (Å²) in [6.07, 6.45) is 1.86. The van der Waals surface area contributed by atoms with Crippen LogP contribution in [-0.4, -0.2) is 36.1 Å². The highest BCUT2D eigenvalue weighted by atomic mass is 16.5. The summed E-state index contributed by atoms with van der Waals surface area (Å²) in [6, 6.07) is 14.4. The molecule has 0 fully saturated rings. The Labute approximate surface area is 166 Å². The van der Waals surface area contributed by atoms with Crippen molar-refractivity contribution in [3.05, 3.63) is 59.4 Å². The minimum Gasteiger partial charge on any atom is -0.494 e. The summed E-state index contributed by atoms with van der Waals surface area (Å²) in [5.41, 5.74) is 4.43. The van der Waals surface area contributed by atoms with E-state index in [4.69, 9.17) is 4.74 Å². The summed E-state index contributed by atoms with van der Waals surface area (Å²) in [6.45, 7) is 6.22. The van der Waals surface area contributed by atoms with E-state index in [1.54, 1.807) is 7.05 Å². The first-order valence-corrected chi connectivity index (χ1v) is 9.80. The highest BCUT2D eigenvalue weighted by Crippen LogP contribution is 2.20. The lowest BCUT2D eigenvalue weighted by Crippen LogP contribution is -2.37. The molecule has 0 aliphatic heterocycles. The minimum absolute atomic E-state index is 0.658. The van der Waals surface area contributed by atoms with Crippen LogP contribution in [0.2, 0.25) is 0 Å². The Kier molecular flexibility index (Phi) is 6.89. The van der Waals surface area contributed by atoms with E-state index < -0.39 is 0 Å². The molecule has 0 amide bonds. The predicted molar refractivity (Wildman–Crippen MR) is 115 cm³/mol. The first-order chi connectivity index (χ1) is 13.7. The number of ether oxygens (including phenoxy) is 1. The van der Waals surface area contributed by atoms with Gasteiger partial charge in [0.15, 0.2) is 5.96 Å². The second kappa shape index (κ2) is 9.78.